The summed E-state index contributed by atoms with van der Waals surface area (Å²) in [5.41, 5.74) is 3.46. The lowest BCUT2D eigenvalue weighted by atomic mass is 9.94. The zero-order chi connectivity index (χ0) is 24.2. The first-order valence-electron chi connectivity index (χ1n) is 11.5. The fourth-order valence-corrected chi connectivity index (χ4v) is 4.64. The second-order valence-corrected chi connectivity index (χ2v) is 9.31. The van der Waals surface area contributed by atoms with Crippen molar-refractivity contribution < 1.29 is 9.53 Å². The standard InChI is InChI=1S/C25H26BrN7O2/c1-35-20-8-2-7-19(11-20)30-25(34)32-10-4-6-18(16-32)22-12-23(28-14-17-5-3-9-27-13-17)33-24(31-22)21(26)15-29-33/h2-3,5,7-9,11-13,15,18,28H,4,6,10,14,16H2,1H3,(H,30,34). The van der Waals surface area contributed by atoms with Gasteiger partial charge in [-0.15, -0.1) is 0 Å². The van der Waals surface area contributed by atoms with Gasteiger partial charge in [-0.3, -0.25) is 4.98 Å². The smallest absolute Gasteiger partial charge is 0.321 e. The molecule has 1 saturated heterocycles. The third-order valence-electron chi connectivity index (χ3n) is 6.09. The number of amides is 2. The van der Waals surface area contributed by atoms with Crippen LogP contribution in [-0.4, -0.2) is 50.7 Å². The number of benzene rings is 1. The fraction of sp³-hybridized carbons (Fsp3) is 0.280. The van der Waals surface area contributed by atoms with Crippen LogP contribution in [0, 0.1) is 0 Å². The summed E-state index contributed by atoms with van der Waals surface area (Å²) >= 11 is 3.57. The Morgan fingerprint density at radius 1 is 1.23 bits per heavy atom. The van der Waals surface area contributed by atoms with Gasteiger partial charge in [-0.2, -0.15) is 9.61 Å². The molecule has 0 aliphatic carbocycles. The van der Waals surface area contributed by atoms with Crippen molar-refractivity contribution in [1.29, 1.82) is 0 Å². The normalized spacial score (nSPS) is 15.7. The minimum Gasteiger partial charge on any atom is -0.497 e. The molecule has 4 heterocycles. The molecule has 2 N–H and O–H groups in total. The third-order valence-corrected chi connectivity index (χ3v) is 6.65. The molecule has 0 radical (unpaired) electrons. The highest BCUT2D eigenvalue weighted by atomic mass is 79.9. The van der Waals surface area contributed by atoms with Gasteiger partial charge in [0.15, 0.2) is 5.65 Å². The predicted molar refractivity (Wildman–Crippen MR) is 138 cm³/mol. The highest BCUT2D eigenvalue weighted by Crippen LogP contribution is 2.30. The van der Waals surface area contributed by atoms with E-state index in [1.807, 2.05) is 53.6 Å². The van der Waals surface area contributed by atoms with Crippen LogP contribution in [0.5, 0.6) is 5.75 Å². The number of fused-ring (bicyclic) bond motifs is 1. The van der Waals surface area contributed by atoms with E-state index in [1.165, 1.54) is 0 Å². The van der Waals surface area contributed by atoms with Crippen molar-refractivity contribution in [3.63, 3.8) is 0 Å². The molecular formula is C25H26BrN7O2. The quantitative estimate of drug-likeness (QED) is 0.363. The van der Waals surface area contributed by atoms with E-state index < -0.39 is 0 Å². The summed E-state index contributed by atoms with van der Waals surface area (Å²) in [7, 11) is 1.61. The Morgan fingerprint density at radius 2 is 2.14 bits per heavy atom. The summed E-state index contributed by atoms with van der Waals surface area (Å²) in [5, 5.41) is 10.9. The molecule has 0 bridgehead atoms. The van der Waals surface area contributed by atoms with Gasteiger partial charge in [0.2, 0.25) is 0 Å². The number of halogens is 1. The van der Waals surface area contributed by atoms with E-state index in [-0.39, 0.29) is 11.9 Å². The first-order valence-corrected chi connectivity index (χ1v) is 12.3. The van der Waals surface area contributed by atoms with E-state index in [2.05, 4.69) is 36.6 Å². The van der Waals surface area contributed by atoms with E-state index in [1.54, 1.807) is 24.0 Å². The summed E-state index contributed by atoms with van der Waals surface area (Å²) in [4.78, 5) is 24.0. The number of nitrogens with one attached hydrogen (secondary N) is 2. The number of likely N-dealkylation sites (tertiary alicyclic amines) is 1. The van der Waals surface area contributed by atoms with Crippen molar-refractivity contribution in [3.05, 3.63) is 76.8 Å². The summed E-state index contributed by atoms with van der Waals surface area (Å²) in [6.45, 7) is 1.91. The van der Waals surface area contributed by atoms with Gasteiger partial charge in [0, 0.05) is 55.8 Å². The molecule has 0 saturated carbocycles. The van der Waals surface area contributed by atoms with E-state index >= 15 is 0 Å². The number of carbonyl (C=O) groups is 1. The van der Waals surface area contributed by atoms with Crippen molar-refractivity contribution >= 4 is 39.1 Å². The van der Waals surface area contributed by atoms with Crippen LogP contribution < -0.4 is 15.4 Å². The monoisotopic (exact) mass is 535 g/mol. The predicted octanol–water partition coefficient (Wildman–Crippen LogP) is 4.92. The number of hydrogen-bond acceptors (Lipinski definition) is 6. The van der Waals surface area contributed by atoms with Crippen molar-refractivity contribution in [1.82, 2.24) is 24.5 Å². The maximum Gasteiger partial charge on any atom is 0.321 e. The van der Waals surface area contributed by atoms with Crippen LogP contribution >= 0.6 is 15.9 Å². The zero-order valence-corrected chi connectivity index (χ0v) is 20.9. The molecule has 5 rings (SSSR count). The van der Waals surface area contributed by atoms with Gasteiger partial charge in [-0.25, -0.2) is 9.78 Å². The topological polar surface area (TPSA) is 96.7 Å². The Hall–Kier alpha value is -3.66. The molecule has 4 aromatic rings. The average molecular weight is 536 g/mol. The summed E-state index contributed by atoms with van der Waals surface area (Å²) in [5.74, 6) is 1.66. The molecule has 1 atom stereocenters. The number of rotatable bonds is 6. The van der Waals surface area contributed by atoms with Crippen LogP contribution in [0.4, 0.5) is 16.3 Å². The van der Waals surface area contributed by atoms with Gasteiger partial charge in [-0.05, 0) is 52.5 Å². The second-order valence-electron chi connectivity index (χ2n) is 8.46. The number of hydrogen-bond donors (Lipinski definition) is 2. The van der Waals surface area contributed by atoms with Crippen LogP contribution in [0.3, 0.4) is 0 Å². The van der Waals surface area contributed by atoms with Gasteiger partial charge in [0.25, 0.3) is 0 Å². The SMILES string of the molecule is COc1cccc(NC(=O)N2CCCC(c3cc(NCc4cccnc4)n4ncc(Br)c4n3)C2)c1. The minimum atomic E-state index is -0.121. The van der Waals surface area contributed by atoms with Crippen molar-refractivity contribution in [2.45, 2.75) is 25.3 Å². The zero-order valence-electron chi connectivity index (χ0n) is 19.3. The lowest BCUT2D eigenvalue weighted by Crippen LogP contribution is -2.41. The fourth-order valence-electron chi connectivity index (χ4n) is 4.29. The lowest BCUT2D eigenvalue weighted by Gasteiger charge is -2.32. The van der Waals surface area contributed by atoms with Gasteiger partial charge < -0.3 is 20.3 Å². The van der Waals surface area contributed by atoms with Gasteiger partial charge in [0.1, 0.15) is 11.6 Å². The Labute approximate surface area is 211 Å². The summed E-state index contributed by atoms with van der Waals surface area (Å²) < 4.78 is 7.88. The van der Waals surface area contributed by atoms with Crippen LogP contribution in [0.15, 0.2) is 65.5 Å². The van der Waals surface area contributed by atoms with E-state index in [0.717, 1.165) is 40.0 Å². The molecule has 1 fully saturated rings. The second kappa shape index (κ2) is 10.3. The molecular weight excluding hydrogens is 510 g/mol. The number of nitrogens with zero attached hydrogens (tertiary/aromatic N) is 5. The molecule has 9 nitrogen and oxygen atoms in total. The van der Waals surface area contributed by atoms with E-state index in [0.29, 0.717) is 31.1 Å². The Kier molecular flexibility index (Phi) is 6.80. The van der Waals surface area contributed by atoms with Crippen LogP contribution in [0.1, 0.15) is 30.0 Å². The number of piperidine rings is 1. The Morgan fingerprint density at radius 3 is 2.97 bits per heavy atom. The average Bonchev–Trinajstić information content (AvgIpc) is 3.28. The molecule has 1 aliphatic rings. The maximum atomic E-state index is 13.0. The van der Waals surface area contributed by atoms with Gasteiger partial charge in [0.05, 0.1) is 23.5 Å². The van der Waals surface area contributed by atoms with Crippen LogP contribution in [-0.2, 0) is 6.54 Å². The van der Waals surface area contributed by atoms with Gasteiger partial charge in [-0.1, -0.05) is 12.1 Å². The number of urea groups is 1. The molecule has 0 spiro atoms. The largest absolute Gasteiger partial charge is 0.497 e. The number of methoxy groups -OCH3 is 1. The molecule has 10 heteroatoms. The van der Waals surface area contributed by atoms with Crippen LogP contribution in [0.25, 0.3) is 5.65 Å². The molecule has 1 aromatic carbocycles. The number of aromatic nitrogens is 4. The number of anilines is 2. The Bertz CT molecular complexity index is 1330. The summed E-state index contributed by atoms with van der Waals surface area (Å²) in [6, 6.07) is 13.2. The highest BCUT2D eigenvalue weighted by Gasteiger charge is 2.27. The van der Waals surface area contributed by atoms with E-state index in [9.17, 15) is 4.79 Å². The molecule has 2 amide bonds. The Balaban J connectivity index is 1.35. The minimum absolute atomic E-state index is 0.116. The first kappa shape index (κ1) is 23.1. The number of ether oxygens (including phenoxy) is 1. The lowest BCUT2D eigenvalue weighted by molar-refractivity contribution is 0.192. The third kappa shape index (κ3) is 5.22. The maximum absolute atomic E-state index is 13.0. The summed E-state index contributed by atoms with van der Waals surface area (Å²) in [6.07, 6.45) is 7.21. The molecule has 1 unspecified atom stereocenters. The van der Waals surface area contributed by atoms with Crippen molar-refractivity contribution in [3.8, 4) is 5.75 Å². The molecule has 3 aromatic heterocycles. The first-order chi connectivity index (χ1) is 17.1. The number of pyridine rings is 1. The molecule has 1 aliphatic heterocycles. The van der Waals surface area contributed by atoms with Crippen molar-refractivity contribution in [2.24, 2.45) is 0 Å². The molecule has 180 valence electrons. The van der Waals surface area contributed by atoms with Crippen LogP contribution in [0.2, 0.25) is 0 Å². The highest BCUT2D eigenvalue weighted by molar-refractivity contribution is 9.10. The van der Waals surface area contributed by atoms with Crippen molar-refractivity contribution in [2.75, 3.05) is 30.8 Å². The van der Waals surface area contributed by atoms with E-state index in [4.69, 9.17) is 9.72 Å². The number of carbonyl (C=O) groups excluding carboxylic acids is 1. The molecule has 35 heavy (non-hydrogen) atoms. The van der Waals surface area contributed by atoms with Gasteiger partial charge >= 0.3 is 6.03 Å².